The summed E-state index contributed by atoms with van der Waals surface area (Å²) in [6.45, 7) is 4.22. The number of fused-ring (bicyclic) bond motifs is 1. The van der Waals surface area contributed by atoms with E-state index in [1.807, 2.05) is 83.1 Å². The Morgan fingerprint density at radius 1 is 0.933 bits per heavy atom. The quantitative estimate of drug-likeness (QED) is 0.463. The highest BCUT2D eigenvalue weighted by molar-refractivity contribution is 6.36. The van der Waals surface area contributed by atoms with Crippen LogP contribution in [0, 0.1) is 0 Å². The number of halogens is 2. The molecule has 0 radical (unpaired) electrons. The van der Waals surface area contributed by atoms with Crippen LogP contribution in [0.3, 0.4) is 0 Å². The Morgan fingerprint density at radius 2 is 1.70 bits per heavy atom. The van der Waals surface area contributed by atoms with E-state index in [9.17, 15) is 0 Å². The maximum absolute atomic E-state index is 6.42. The molecule has 2 aliphatic heterocycles. The number of rotatable bonds is 3. The van der Waals surface area contributed by atoms with Crippen molar-refractivity contribution in [3.05, 3.63) is 95.1 Å². The number of anilines is 2. The highest BCUT2D eigenvalue weighted by Gasteiger charge is 2.31. The Balaban J connectivity index is 1.54. The molecule has 4 nitrogen and oxygen atoms in total. The van der Waals surface area contributed by atoms with E-state index in [0.717, 1.165) is 44.9 Å². The van der Waals surface area contributed by atoms with Gasteiger partial charge in [0.2, 0.25) is 0 Å². The van der Waals surface area contributed by atoms with E-state index >= 15 is 0 Å². The normalized spacial score (nSPS) is 18.4. The molecule has 5 rings (SSSR count). The molecule has 3 aromatic carbocycles. The minimum Gasteiger partial charge on any atom is -0.256 e. The standard InChI is InChI=1S/C24H18Cl2N4/c1-16-13-15-29(18-8-6-17(25)7-9-18)28-24(16)23-12-14-27-30(23)22-11-10-21(26)19-4-2-3-5-20(19)22/h2-11,13-15,23H,1,12H2. The highest BCUT2D eigenvalue weighted by Crippen LogP contribution is 2.36. The fourth-order valence-electron chi connectivity index (χ4n) is 3.80. The van der Waals surface area contributed by atoms with E-state index in [-0.39, 0.29) is 6.04 Å². The summed E-state index contributed by atoms with van der Waals surface area (Å²) in [5.74, 6) is 0. The van der Waals surface area contributed by atoms with E-state index < -0.39 is 0 Å². The van der Waals surface area contributed by atoms with Crippen molar-refractivity contribution in [1.29, 1.82) is 0 Å². The number of benzene rings is 3. The lowest BCUT2D eigenvalue weighted by atomic mass is 10.00. The number of allylic oxidation sites excluding steroid dienone is 1. The molecule has 0 saturated heterocycles. The van der Waals surface area contributed by atoms with E-state index in [1.54, 1.807) is 0 Å². The van der Waals surface area contributed by atoms with Gasteiger partial charge in [-0.3, -0.25) is 5.01 Å². The molecule has 0 aliphatic carbocycles. The van der Waals surface area contributed by atoms with Gasteiger partial charge >= 0.3 is 0 Å². The third-order valence-electron chi connectivity index (χ3n) is 5.29. The molecule has 0 bridgehead atoms. The van der Waals surface area contributed by atoms with Crippen molar-refractivity contribution < 1.29 is 0 Å². The van der Waals surface area contributed by atoms with Crippen LogP contribution < -0.4 is 10.0 Å². The number of hydrogen-bond donors (Lipinski definition) is 0. The monoisotopic (exact) mass is 432 g/mol. The first-order valence-corrected chi connectivity index (χ1v) is 10.4. The average molecular weight is 433 g/mol. The van der Waals surface area contributed by atoms with Crippen LogP contribution in [0.5, 0.6) is 0 Å². The molecule has 2 heterocycles. The maximum atomic E-state index is 6.42. The summed E-state index contributed by atoms with van der Waals surface area (Å²) in [4.78, 5) is 0. The van der Waals surface area contributed by atoms with Gasteiger partial charge in [-0.25, -0.2) is 5.01 Å². The molecule has 3 aromatic rings. The zero-order valence-corrected chi connectivity index (χ0v) is 17.6. The van der Waals surface area contributed by atoms with Gasteiger partial charge in [-0.2, -0.15) is 10.2 Å². The molecular formula is C24H18Cl2N4. The first-order valence-electron chi connectivity index (χ1n) is 9.61. The zero-order chi connectivity index (χ0) is 20.7. The van der Waals surface area contributed by atoms with Crippen molar-refractivity contribution in [3.8, 4) is 0 Å². The van der Waals surface area contributed by atoms with Gasteiger partial charge in [0.25, 0.3) is 0 Å². The van der Waals surface area contributed by atoms with Crippen molar-refractivity contribution in [2.75, 3.05) is 10.0 Å². The van der Waals surface area contributed by atoms with Gasteiger partial charge in [0.05, 0.1) is 17.1 Å². The molecule has 1 unspecified atom stereocenters. The van der Waals surface area contributed by atoms with Gasteiger partial charge in [-0.1, -0.05) is 54.0 Å². The molecule has 30 heavy (non-hydrogen) atoms. The molecule has 148 valence electrons. The van der Waals surface area contributed by atoms with Crippen LogP contribution in [0.4, 0.5) is 11.4 Å². The maximum Gasteiger partial charge on any atom is 0.102 e. The summed E-state index contributed by atoms with van der Waals surface area (Å²) in [5, 5.41) is 16.9. The third-order valence-corrected chi connectivity index (χ3v) is 5.87. The van der Waals surface area contributed by atoms with Gasteiger partial charge < -0.3 is 0 Å². The lowest BCUT2D eigenvalue weighted by Gasteiger charge is -2.30. The fourth-order valence-corrected chi connectivity index (χ4v) is 4.15. The van der Waals surface area contributed by atoms with Crippen molar-refractivity contribution in [2.45, 2.75) is 12.5 Å². The summed E-state index contributed by atoms with van der Waals surface area (Å²) in [7, 11) is 0. The molecular weight excluding hydrogens is 415 g/mol. The molecule has 0 saturated carbocycles. The van der Waals surface area contributed by atoms with Gasteiger partial charge in [0, 0.05) is 39.7 Å². The van der Waals surface area contributed by atoms with Crippen LogP contribution in [0.15, 0.2) is 95.3 Å². The summed E-state index contributed by atoms with van der Waals surface area (Å²) >= 11 is 12.5. The molecule has 0 N–H and O–H groups in total. The molecule has 2 aliphatic rings. The third kappa shape index (κ3) is 3.28. The van der Waals surface area contributed by atoms with Gasteiger partial charge in [-0.15, -0.1) is 0 Å². The largest absolute Gasteiger partial charge is 0.256 e. The van der Waals surface area contributed by atoms with Crippen LogP contribution in [0.2, 0.25) is 10.0 Å². The molecule has 0 aromatic heterocycles. The van der Waals surface area contributed by atoms with Crippen LogP contribution in [0.25, 0.3) is 10.8 Å². The summed E-state index contributed by atoms with van der Waals surface area (Å²) < 4.78 is 0. The smallest absolute Gasteiger partial charge is 0.102 e. The lowest BCUT2D eigenvalue weighted by molar-refractivity contribution is 0.816. The lowest BCUT2D eigenvalue weighted by Crippen LogP contribution is -2.37. The van der Waals surface area contributed by atoms with E-state index in [2.05, 4.69) is 17.7 Å². The summed E-state index contributed by atoms with van der Waals surface area (Å²) in [6, 6.07) is 19.6. The van der Waals surface area contributed by atoms with E-state index in [0.29, 0.717) is 5.02 Å². The Labute approximate surface area is 185 Å². The van der Waals surface area contributed by atoms with Crippen LogP contribution in [-0.4, -0.2) is 18.0 Å². The second-order valence-corrected chi connectivity index (χ2v) is 8.00. The Kier molecular flexibility index (Phi) is 4.81. The van der Waals surface area contributed by atoms with Crippen molar-refractivity contribution in [1.82, 2.24) is 0 Å². The van der Waals surface area contributed by atoms with Crippen molar-refractivity contribution >= 4 is 57.3 Å². The first-order chi connectivity index (χ1) is 14.6. The topological polar surface area (TPSA) is 31.2 Å². The number of hydrazone groups is 2. The summed E-state index contributed by atoms with van der Waals surface area (Å²) in [5.41, 5.74) is 3.68. The second-order valence-electron chi connectivity index (χ2n) is 7.15. The average Bonchev–Trinajstić information content (AvgIpc) is 3.25. The van der Waals surface area contributed by atoms with Gasteiger partial charge in [-0.05, 0) is 48.0 Å². The van der Waals surface area contributed by atoms with Crippen LogP contribution in [-0.2, 0) is 0 Å². The Hall–Kier alpha value is -3.08. The number of nitrogens with zero attached hydrogens (tertiary/aromatic N) is 4. The summed E-state index contributed by atoms with van der Waals surface area (Å²) in [6.07, 6.45) is 6.56. The first kappa shape index (κ1) is 18.9. The van der Waals surface area contributed by atoms with E-state index in [1.165, 1.54) is 0 Å². The minimum atomic E-state index is -0.0539. The van der Waals surface area contributed by atoms with Crippen molar-refractivity contribution in [3.63, 3.8) is 0 Å². The molecule has 0 fully saturated rings. The molecule has 1 atom stereocenters. The highest BCUT2D eigenvalue weighted by atomic mass is 35.5. The molecule has 6 heteroatoms. The Morgan fingerprint density at radius 3 is 2.50 bits per heavy atom. The van der Waals surface area contributed by atoms with E-state index in [4.69, 9.17) is 28.3 Å². The Bertz CT molecular complexity index is 1230. The van der Waals surface area contributed by atoms with Gasteiger partial charge in [0.1, 0.15) is 6.04 Å². The number of hydrogen-bond acceptors (Lipinski definition) is 4. The van der Waals surface area contributed by atoms with Crippen molar-refractivity contribution in [2.24, 2.45) is 10.2 Å². The molecule has 0 spiro atoms. The molecule has 0 amide bonds. The fraction of sp³-hybridized carbons (Fsp3) is 0.0833. The predicted molar refractivity (Wildman–Crippen MR) is 128 cm³/mol. The SMILES string of the molecule is C=C1C=CN(c2ccc(Cl)cc2)N=C1C1CC=NN1c1ccc(Cl)c2ccccc12. The zero-order valence-electron chi connectivity index (χ0n) is 16.0. The van der Waals surface area contributed by atoms with Crippen LogP contribution >= 0.6 is 23.2 Å². The minimum absolute atomic E-state index is 0.0539. The van der Waals surface area contributed by atoms with Gasteiger partial charge in [0.15, 0.2) is 0 Å². The van der Waals surface area contributed by atoms with Crippen LogP contribution in [0.1, 0.15) is 6.42 Å². The predicted octanol–water partition coefficient (Wildman–Crippen LogP) is 6.66. The second kappa shape index (κ2) is 7.63.